The molecular formula is C15H15BrFNO. The maximum Gasteiger partial charge on any atom is 0.129 e. The molecule has 0 radical (unpaired) electrons. The van der Waals surface area contributed by atoms with Crippen LogP contribution in [0.2, 0.25) is 0 Å². The number of ether oxygens (including phenoxy) is 1. The molecule has 0 aliphatic carbocycles. The van der Waals surface area contributed by atoms with E-state index in [9.17, 15) is 4.39 Å². The van der Waals surface area contributed by atoms with E-state index >= 15 is 0 Å². The fourth-order valence-corrected chi connectivity index (χ4v) is 2.09. The molecule has 0 aromatic heterocycles. The lowest BCUT2D eigenvalue weighted by Crippen LogP contribution is -2.04. The van der Waals surface area contributed by atoms with E-state index in [1.165, 1.54) is 6.07 Å². The number of hydrogen-bond acceptors (Lipinski definition) is 2. The number of rotatable bonds is 4. The maximum atomic E-state index is 13.5. The molecule has 0 bridgehead atoms. The summed E-state index contributed by atoms with van der Waals surface area (Å²) in [6, 6.07) is 12.3. The summed E-state index contributed by atoms with van der Waals surface area (Å²) in [5, 5.41) is 0. The molecule has 1 atom stereocenters. The van der Waals surface area contributed by atoms with E-state index < -0.39 is 0 Å². The van der Waals surface area contributed by atoms with Crippen molar-refractivity contribution in [1.29, 1.82) is 0 Å². The molecule has 0 fully saturated rings. The second-order valence-corrected chi connectivity index (χ2v) is 5.30. The SMILES string of the molecule is C[C@@H](N)c1ccc(OCc2cc(Br)ccc2F)cc1. The topological polar surface area (TPSA) is 35.2 Å². The van der Waals surface area contributed by atoms with Gasteiger partial charge < -0.3 is 10.5 Å². The van der Waals surface area contributed by atoms with Crippen LogP contribution >= 0.6 is 15.9 Å². The van der Waals surface area contributed by atoms with Crippen molar-refractivity contribution in [3.8, 4) is 5.75 Å². The molecule has 2 aromatic carbocycles. The van der Waals surface area contributed by atoms with E-state index in [-0.39, 0.29) is 18.5 Å². The Balaban J connectivity index is 2.04. The van der Waals surface area contributed by atoms with E-state index in [1.807, 2.05) is 31.2 Å². The van der Waals surface area contributed by atoms with Gasteiger partial charge in [-0.3, -0.25) is 0 Å². The van der Waals surface area contributed by atoms with Gasteiger partial charge in [0.15, 0.2) is 0 Å². The highest BCUT2D eigenvalue weighted by molar-refractivity contribution is 9.10. The molecule has 0 heterocycles. The third-order valence-corrected chi connectivity index (χ3v) is 3.30. The second-order valence-electron chi connectivity index (χ2n) is 4.38. The summed E-state index contributed by atoms with van der Waals surface area (Å²) < 4.78 is 19.9. The molecule has 0 spiro atoms. The van der Waals surface area contributed by atoms with Crippen LogP contribution in [0, 0.1) is 5.82 Å². The molecule has 2 aromatic rings. The summed E-state index contributed by atoms with van der Waals surface area (Å²) in [5.41, 5.74) is 7.33. The molecular weight excluding hydrogens is 309 g/mol. The Hall–Kier alpha value is -1.39. The normalized spacial score (nSPS) is 12.2. The summed E-state index contributed by atoms with van der Waals surface area (Å²) in [4.78, 5) is 0. The van der Waals surface area contributed by atoms with Gasteiger partial charge in [0.1, 0.15) is 18.2 Å². The average Bonchev–Trinajstić information content (AvgIpc) is 2.40. The Bertz CT molecular complexity index is 555. The van der Waals surface area contributed by atoms with Gasteiger partial charge in [-0.2, -0.15) is 0 Å². The number of nitrogens with two attached hydrogens (primary N) is 1. The zero-order chi connectivity index (χ0) is 13.8. The van der Waals surface area contributed by atoms with Crippen LogP contribution in [0.5, 0.6) is 5.75 Å². The van der Waals surface area contributed by atoms with Gasteiger partial charge in [-0.05, 0) is 42.8 Å². The monoisotopic (exact) mass is 323 g/mol. The summed E-state index contributed by atoms with van der Waals surface area (Å²) >= 11 is 3.31. The minimum atomic E-state index is -0.268. The molecule has 2 N–H and O–H groups in total. The second kappa shape index (κ2) is 6.17. The van der Waals surface area contributed by atoms with E-state index in [1.54, 1.807) is 12.1 Å². The van der Waals surface area contributed by atoms with Crippen molar-refractivity contribution in [3.63, 3.8) is 0 Å². The predicted molar refractivity (Wildman–Crippen MR) is 77.5 cm³/mol. The molecule has 2 nitrogen and oxygen atoms in total. The molecule has 0 saturated carbocycles. The van der Waals surface area contributed by atoms with Crippen LogP contribution in [-0.2, 0) is 6.61 Å². The summed E-state index contributed by atoms with van der Waals surface area (Å²) in [6.45, 7) is 2.12. The van der Waals surface area contributed by atoms with Gasteiger partial charge in [-0.1, -0.05) is 28.1 Å². The Labute approximate surface area is 120 Å². The number of hydrogen-bond donors (Lipinski definition) is 1. The van der Waals surface area contributed by atoms with Crippen LogP contribution in [0.25, 0.3) is 0 Å². The smallest absolute Gasteiger partial charge is 0.129 e. The van der Waals surface area contributed by atoms with Crippen molar-refractivity contribution in [2.24, 2.45) is 5.73 Å². The van der Waals surface area contributed by atoms with Gasteiger partial charge in [0.25, 0.3) is 0 Å². The van der Waals surface area contributed by atoms with Gasteiger partial charge >= 0.3 is 0 Å². The predicted octanol–water partition coefficient (Wildman–Crippen LogP) is 4.19. The van der Waals surface area contributed by atoms with Crippen molar-refractivity contribution < 1.29 is 9.13 Å². The molecule has 4 heteroatoms. The molecule has 0 amide bonds. The zero-order valence-corrected chi connectivity index (χ0v) is 12.2. The number of benzene rings is 2. The van der Waals surface area contributed by atoms with Gasteiger partial charge in [0.05, 0.1) is 0 Å². The highest BCUT2D eigenvalue weighted by atomic mass is 79.9. The standard InChI is InChI=1S/C15H15BrFNO/c1-10(18)11-2-5-14(6-3-11)19-9-12-8-13(16)4-7-15(12)17/h2-8,10H,9,18H2,1H3/t10-/m1/s1. The molecule has 2 rings (SSSR count). The van der Waals surface area contributed by atoms with E-state index in [2.05, 4.69) is 15.9 Å². The van der Waals surface area contributed by atoms with Crippen molar-refractivity contribution >= 4 is 15.9 Å². The molecule has 19 heavy (non-hydrogen) atoms. The molecule has 0 aliphatic heterocycles. The Morgan fingerprint density at radius 3 is 2.53 bits per heavy atom. The lowest BCUT2D eigenvalue weighted by molar-refractivity contribution is 0.299. The van der Waals surface area contributed by atoms with Crippen molar-refractivity contribution in [2.45, 2.75) is 19.6 Å². The lowest BCUT2D eigenvalue weighted by Gasteiger charge is -2.09. The third-order valence-electron chi connectivity index (χ3n) is 2.81. The first-order valence-corrected chi connectivity index (χ1v) is 6.78. The first kappa shape index (κ1) is 14.0. The third kappa shape index (κ3) is 3.78. The Morgan fingerprint density at radius 2 is 1.89 bits per heavy atom. The Morgan fingerprint density at radius 1 is 1.21 bits per heavy atom. The summed E-state index contributed by atoms with van der Waals surface area (Å²) in [7, 11) is 0. The van der Waals surface area contributed by atoms with Gasteiger partial charge in [-0.15, -0.1) is 0 Å². The van der Waals surface area contributed by atoms with E-state index in [0.717, 1.165) is 10.0 Å². The Kier molecular flexibility index (Phi) is 4.56. The quantitative estimate of drug-likeness (QED) is 0.915. The fraction of sp³-hybridized carbons (Fsp3) is 0.200. The highest BCUT2D eigenvalue weighted by Gasteiger charge is 2.04. The molecule has 0 aliphatic rings. The van der Waals surface area contributed by atoms with E-state index in [4.69, 9.17) is 10.5 Å². The number of halogens is 2. The van der Waals surface area contributed by atoms with Gasteiger partial charge in [0.2, 0.25) is 0 Å². The van der Waals surface area contributed by atoms with Crippen LogP contribution in [0.3, 0.4) is 0 Å². The van der Waals surface area contributed by atoms with Crippen molar-refractivity contribution in [3.05, 3.63) is 63.9 Å². The molecule has 100 valence electrons. The summed E-state index contributed by atoms with van der Waals surface area (Å²) in [5.74, 6) is 0.430. The van der Waals surface area contributed by atoms with Crippen LogP contribution in [0.15, 0.2) is 46.9 Å². The lowest BCUT2D eigenvalue weighted by atomic mass is 10.1. The first-order chi connectivity index (χ1) is 9.06. The van der Waals surface area contributed by atoms with Crippen LogP contribution in [0.4, 0.5) is 4.39 Å². The zero-order valence-electron chi connectivity index (χ0n) is 10.6. The molecule has 0 unspecified atom stereocenters. The fourth-order valence-electron chi connectivity index (χ4n) is 1.68. The first-order valence-electron chi connectivity index (χ1n) is 5.98. The van der Waals surface area contributed by atoms with Gasteiger partial charge in [-0.25, -0.2) is 4.39 Å². The van der Waals surface area contributed by atoms with Crippen LogP contribution in [0.1, 0.15) is 24.1 Å². The minimum absolute atomic E-state index is 0.00317. The van der Waals surface area contributed by atoms with E-state index in [0.29, 0.717) is 11.3 Å². The largest absolute Gasteiger partial charge is 0.489 e. The van der Waals surface area contributed by atoms with Crippen molar-refractivity contribution in [2.75, 3.05) is 0 Å². The molecule has 0 saturated heterocycles. The summed E-state index contributed by atoms with van der Waals surface area (Å²) in [6.07, 6.45) is 0. The highest BCUT2D eigenvalue weighted by Crippen LogP contribution is 2.20. The minimum Gasteiger partial charge on any atom is -0.489 e. The maximum absolute atomic E-state index is 13.5. The van der Waals surface area contributed by atoms with Gasteiger partial charge in [0, 0.05) is 16.1 Å². The van der Waals surface area contributed by atoms with Crippen molar-refractivity contribution in [1.82, 2.24) is 0 Å². The van der Waals surface area contributed by atoms with Crippen LogP contribution < -0.4 is 10.5 Å². The average molecular weight is 324 g/mol. The van der Waals surface area contributed by atoms with Crippen LogP contribution in [-0.4, -0.2) is 0 Å².